The number of amides is 1. The number of nitrogens with one attached hydrogen (secondary N) is 1. The van der Waals surface area contributed by atoms with Gasteiger partial charge in [-0.05, 0) is 35.9 Å². The number of pyridine rings is 1. The van der Waals surface area contributed by atoms with Crippen molar-refractivity contribution in [3.63, 3.8) is 0 Å². The highest BCUT2D eigenvalue weighted by Crippen LogP contribution is 2.39. The minimum atomic E-state index is -0.257. The van der Waals surface area contributed by atoms with Gasteiger partial charge in [0.05, 0.1) is 32.5 Å². The number of carbonyl (C=O) groups excluding carboxylic acids is 1. The smallest absolute Gasteiger partial charge is 0.254 e. The number of rotatable bonds is 7. The lowest BCUT2D eigenvalue weighted by molar-refractivity contribution is -0.112. The Morgan fingerprint density at radius 2 is 1.73 bits per heavy atom. The number of methoxy groups -OCH3 is 3. The standard InChI is InChI=1S/C23H21N3O4/c1-28-19-11-14(12-20(29-2)22(19)30-3)10-16(18-13-25-18)23(27)26-17-8-4-6-15-7-5-9-24-21(15)17/h4-13,18H,1-3H3,(H,26,27)/b16-10+. The van der Waals surface area contributed by atoms with Crippen molar-refractivity contribution in [2.45, 2.75) is 6.04 Å². The Hall–Kier alpha value is -3.87. The molecule has 152 valence electrons. The molecule has 30 heavy (non-hydrogen) atoms. The number of aliphatic imine (C=N–C) groups is 1. The minimum Gasteiger partial charge on any atom is -0.493 e. The summed E-state index contributed by atoms with van der Waals surface area (Å²) in [5, 5.41) is 3.92. The van der Waals surface area contributed by atoms with E-state index in [-0.39, 0.29) is 11.9 Å². The van der Waals surface area contributed by atoms with Gasteiger partial charge in [-0.15, -0.1) is 0 Å². The molecular formula is C23H21N3O4. The van der Waals surface area contributed by atoms with Crippen molar-refractivity contribution < 1.29 is 19.0 Å². The van der Waals surface area contributed by atoms with Crippen LogP contribution in [0.1, 0.15) is 5.56 Å². The largest absolute Gasteiger partial charge is 0.493 e. The molecule has 0 spiro atoms. The lowest BCUT2D eigenvalue weighted by Crippen LogP contribution is -2.18. The predicted molar refractivity (Wildman–Crippen MR) is 117 cm³/mol. The Bertz CT molecular complexity index is 1130. The van der Waals surface area contributed by atoms with Crippen molar-refractivity contribution in [1.29, 1.82) is 0 Å². The summed E-state index contributed by atoms with van der Waals surface area (Å²) in [6.45, 7) is 0. The zero-order chi connectivity index (χ0) is 21.1. The fourth-order valence-corrected chi connectivity index (χ4v) is 3.25. The summed E-state index contributed by atoms with van der Waals surface area (Å²) < 4.78 is 16.2. The van der Waals surface area contributed by atoms with Crippen LogP contribution in [-0.2, 0) is 4.79 Å². The van der Waals surface area contributed by atoms with E-state index in [0.717, 1.165) is 16.5 Å². The van der Waals surface area contributed by atoms with Crippen molar-refractivity contribution in [2.75, 3.05) is 26.6 Å². The van der Waals surface area contributed by atoms with Gasteiger partial charge in [0, 0.05) is 23.4 Å². The molecular weight excluding hydrogens is 382 g/mol. The first-order valence-corrected chi connectivity index (χ1v) is 9.34. The van der Waals surface area contributed by atoms with E-state index < -0.39 is 0 Å². The third-order valence-electron chi connectivity index (χ3n) is 4.77. The Morgan fingerprint density at radius 1 is 1.03 bits per heavy atom. The number of hydrogen-bond acceptors (Lipinski definition) is 6. The fourth-order valence-electron chi connectivity index (χ4n) is 3.25. The van der Waals surface area contributed by atoms with E-state index in [4.69, 9.17) is 14.2 Å². The monoisotopic (exact) mass is 403 g/mol. The molecule has 1 N–H and O–H groups in total. The van der Waals surface area contributed by atoms with Crippen LogP contribution in [-0.4, -0.2) is 44.5 Å². The highest BCUT2D eigenvalue weighted by Gasteiger charge is 2.26. The van der Waals surface area contributed by atoms with Gasteiger partial charge >= 0.3 is 0 Å². The number of fused-ring (bicyclic) bond motifs is 1. The summed E-state index contributed by atoms with van der Waals surface area (Å²) >= 11 is 0. The zero-order valence-electron chi connectivity index (χ0n) is 16.9. The summed E-state index contributed by atoms with van der Waals surface area (Å²) in [5.74, 6) is 1.27. The number of benzene rings is 2. The van der Waals surface area contributed by atoms with E-state index >= 15 is 0 Å². The molecule has 7 heteroatoms. The van der Waals surface area contributed by atoms with Crippen molar-refractivity contribution in [1.82, 2.24) is 4.98 Å². The first-order chi connectivity index (χ1) is 14.6. The number of carbonyl (C=O) groups is 1. The summed E-state index contributed by atoms with van der Waals surface area (Å²) in [4.78, 5) is 21.7. The molecule has 2 heterocycles. The van der Waals surface area contributed by atoms with Crippen LogP contribution in [0.15, 0.2) is 59.2 Å². The molecule has 0 saturated carbocycles. The molecule has 0 bridgehead atoms. The molecule has 1 atom stereocenters. The average Bonchev–Trinajstić information content (AvgIpc) is 3.62. The van der Waals surface area contributed by atoms with Gasteiger partial charge in [0.15, 0.2) is 11.5 Å². The quantitative estimate of drug-likeness (QED) is 0.608. The SMILES string of the molecule is COc1cc(/C=C(/C(=O)Nc2cccc3cccnc23)C2C=N2)cc(OC)c1OC. The highest BCUT2D eigenvalue weighted by atomic mass is 16.5. The summed E-state index contributed by atoms with van der Waals surface area (Å²) in [5.41, 5.74) is 2.63. The summed E-state index contributed by atoms with van der Waals surface area (Å²) in [6, 6.07) is 12.8. The number of hydrogen-bond donors (Lipinski definition) is 1. The van der Waals surface area contributed by atoms with Gasteiger partial charge in [-0.25, -0.2) is 0 Å². The maximum absolute atomic E-state index is 13.1. The normalized spacial score (nSPS) is 15.0. The van der Waals surface area contributed by atoms with Crippen LogP contribution in [0, 0.1) is 0 Å². The summed E-state index contributed by atoms with van der Waals surface area (Å²) in [6.07, 6.45) is 5.20. The minimum absolute atomic E-state index is 0.246. The number of aromatic nitrogens is 1. The number of nitrogens with zero attached hydrogens (tertiary/aromatic N) is 2. The molecule has 7 nitrogen and oxygen atoms in total. The van der Waals surface area contributed by atoms with E-state index in [1.165, 1.54) is 0 Å². The molecule has 0 fully saturated rings. The van der Waals surface area contributed by atoms with Crippen LogP contribution in [0.5, 0.6) is 17.2 Å². The molecule has 2 aromatic carbocycles. The molecule has 1 amide bonds. The van der Waals surface area contributed by atoms with Gasteiger partial charge in [0.1, 0.15) is 6.04 Å². The van der Waals surface area contributed by atoms with E-state index in [1.807, 2.05) is 30.3 Å². The molecule has 0 aliphatic carbocycles. The Balaban J connectivity index is 1.69. The first-order valence-electron chi connectivity index (χ1n) is 9.34. The van der Waals surface area contributed by atoms with Gasteiger partial charge in [-0.3, -0.25) is 14.8 Å². The van der Waals surface area contributed by atoms with Crippen molar-refractivity contribution in [2.24, 2.45) is 4.99 Å². The second-order valence-electron chi connectivity index (χ2n) is 6.64. The number of anilines is 1. The first kappa shape index (κ1) is 19.4. The molecule has 3 aromatic rings. The maximum Gasteiger partial charge on any atom is 0.254 e. The highest BCUT2D eigenvalue weighted by molar-refractivity contribution is 6.14. The Kier molecular flexibility index (Phi) is 5.34. The fraction of sp³-hybridized carbons (Fsp3) is 0.174. The van der Waals surface area contributed by atoms with E-state index in [9.17, 15) is 4.79 Å². The number of para-hydroxylation sites is 1. The van der Waals surface area contributed by atoms with Crippen molar-refractivity contribution in [3.05, 3.63) is 59.8 Å². The van der Waals surface area contributed by atoms with E-state index in [0.29, 0.717) is 28.5 Å². The van der Waals surface area contributed by atoms with Crippen molar-refractivity contribution in [3.8, 4) is 17.2 Å². The Morgan fingerprint density at radius 3 is 2.37 bits per heavy atom. The average molecular weight is 403 g/mol. The van der Waals surface area contributed by atoms with Crippen LogP contribution in [0.2, 0.25) is 0 Å². The Labute approximate surface area is 174 Å². The predicted octanol–water partition coefficient (Wildman–Crippen LogP) is 3.74. The number of ether oxygens (including phenoxy) is 3. The molecule has 1 unspecified atom stereocenters. The van der Waals surface area contributed by atoms with Crippen LogP contribution in [0.3, 0.4) is 0 Å². The van der Waals surface area contributed by atoms with Crippen LogP contribution in [0.25, 0.3) is 17.0 Å². The van der Waals surface area contributed by atoms with Gasteiger partial charge in [-0.1, -0.05) is 18.2 Å². The van der Waals surface area contributed by atoms with E-state index in [2.05, 4.69) is 15.3 Å². The van der Waals surface area contributed by atoms with Crippen molar-refractivity contribution >= 4 is 34.8 Å². The van der Waals surface area contributed by atoms with Gasteiger partial charge in [0.25, 0.3) is 5.91 Å². The third kappa shape index (κ3) is 3.82. The molecule has 0 radical (unpaired) electrons. The van der Waals surface area contributed by atoms with Crippen LogP contribution in [0.4, 0.5) is 5.69 Å². The third-order valence-corrected chi connectivity index (χ3v) is 4.77. The topological polar surface area (TPSA) is 82.0 Å². The molecule has 0 saturated heterocycles. The second-order valence-corrected chi connectivity index (χ2v) is 6.64. The molecule has 1 aliphatic heterocycles. The maximum atomic E-state index is 13.1. The summed E-state index contributed by atoms with van der Waals surface area (Å²) in [7, 11) is 4.65. The van der Waals surface area contributed by atoms with Gasteiger partial charge in [0.2, 0.25) is 5.75 Å². The molecule has 4 rings (SSSR count). The van der Waals surface area contributed by atoms with Crippen LogP contribution < -0.4 is 19.5 Å². The zero-order valence-corrected chi connectivity index (χ0v) is 16.9. The molecule has 1 aliphatic rings. The lowest BCUT2D eigenvalue weighted by Gasteiger charge is -2.14. The van der Waals surface area contributed by atoms with Gasteiger partial charge in [-0.2, -0.15) is 0 Å². The molecule has 1 aromatic heterocycles. The van der Waals surface area contributed by atoms with E-state index in [1.54, 1.807) is 51.9 Å². The van der Waals surface area contributed by atoms with Gasteiger partial charge < -0.3 is 19.5 Å². The second kappa shape index (κ2) is 8.24. The van der Waals surface area contributed by atoms with Crippen LogP contribution >= 0.6 is 0 Å². The lowest BCUT2D eigenvalue weighted by atomic mass is 10.1.